The second-order valence-corrected chi connectivity index (χ2v) is 4.37. The Labute approximate surface area is 98.0 Å². The van der Waals surface area contributed by atoms with Crippen LogP contribution >= 0.6 is 23.9 Å². The lowest BCUT2D eigenvalue weighted by molar-refractivity contribution is 0.0931. The first kappa shape index (κ1) is 12.2. The molecule has 0 aliphatic heterocycles. The van der Waals surface area contributed by atoms with Gasteiger partial charge in [0.05, 0.1) is 0 Å². The third kappa shape index (κ3) is 2.79. The summed E-state index contributed by atoms with van der Waals surface area (Å²) in [5, 5.41) is 6.93. The van der Waals surface area contributed by atoms with Crippen molar-refractivity contribution in [1.82, 2.24) is 14.9 Å². The average molecular weight is 249 g/mol. The number of amides is 1. The molecule has 1 atom stereocenters. The van der Waals surface area contributed by atoms with E-state index in [4.69, 9.17) is 5.73 Å². The molecule has 1 amide bonds. The number of halogens is 1. The van der Waals surface area contributed by atoms with Crippen molar-refractivity contribution in [3.05, 3.63) is 5.69 Å². The van der Waals surface area contributed by atoms with Crippen LogP contribution in [0.15, 0.2) is 0 Å². The lowest BCUT2D eigenvalue weighted by Gasteiger charge is -2.10. The molecule has 1 unspecified atom stereocenters. The van der Waals surface area contributed by atoms with Crippen LogP contribution < -0.4 is 11.1 Å². The van der Waals surface area contributed by atoms with E-state index in [2.05, 4.69) is 14.9 Å². The molecule has 1 aliphatic rings. The van der Waals surface area contributed by atoms with Gasteiger partial charge in [0.1, 0.15) is 5.00 Å². The van der Waals surface area contributed by atoms with Gasteiger partial charge in [-0.2, -0.15) is 0 Å². The summed E-state index contributed by atoms with van der Waals surface area (Å²) >= 11 is 1.04. The maximum atomic E-state index is 11.6. The van der Waals surface area contributed by atoms with Gasteiger partial charge in [-0.25, -0.2) is 0 Å². The number of nitrogen functional groups attached to an aromatic ring is 1. The number of nitrogens with zero attached hydrogens (tertiary/aromatic N) is 2. The van der Waals surface area contributed by atoms with Crippen molar-refractivity contribution in [2.75, 3.05) is 5.73 Å². The molecule has 0 saturated heterocycles. The number of hydrogen-bond acceptors (Lipinski definition) is 5. The minimum Gasteiger partial charge on any atom is -0.387 e. The number of carbonyl (C=O) groups is 1. The summed E-state index contributed by atoms with van der Waals surface area (Å²) in [5.41, 5.74) is 5.79. The third-order valence-electron chi connectivity index (χ3n) is 2.42. The highest BCUT2D eigenvalue weighted by atomic mass is 35.5. The Morgan fingerprint density at radius 2 is 2.33 bits per heavy atom. The van der Waals surface area contributed by atoms with E-state index < -0.39 is 0 Å². The van der Waals surface area contributed by atoms with E-state index in [1.807, 2.05) is 6.92 Å². The molecule has 1 heterocycles. The Morgan fingerprint density at radius 1 is 1.67 bits per heavy atom. The number of aromatic nitrogens is 2. The summed E-state index contributed by atoms with van der Waals surface area (Å²) < 4.78 is 3.62. The Balaban J connectivity index is 0.00000112. The maximum absolute atomic E-state index is 11.6. The zero-order chi connectivity index (χ0) is 10.1. The van der Waals surface area contributed by atoms with Crippen LogP contribution in [0, 0.1) is 5.92 Å². The smallest absolute Gasteiger partial charge is 0.275 e. The van der Waals surface area contributed by atoms with Crippen LogP contribution in [0.2, 0.25) is 0 Å². The van der Waals surface area contributed by atoms with Crippen molar-refractivity contribution >= 4 is 34.8 Å². The second kappa shape index (κ2) is 4.76. The molecule has 1 aliphatic carbocycles. The van der Waals surface area contributed by atoms with Gasteiger partial charge in [0.25, 0.3) is 5.91 Å². The highest BCUT2D eigenvalue weighted by Crippen LogP contribution is 2.32. The Hall–Kier alpha value is -0.880. The lowest BCUT2D eigenvalue weighted by atomic mass is 10.2. The van der Waals surface area contributed by atoms with Crippen LogP contribution in [0.4, 0.5) is 5.00 Å². The number of rotatable bonds is 3. The summed E-state index contributed by atoms with van der Waals surface area (Å²) in [6, 6.07) is 0.212. The number of anilines is 1. The molecular weight excluding hydrogens is 236 g/mol. The monoisotopic (exact) mass is 248 g/mol. The summed E-state index contributed by atoms with van der Waals surface area (Å²) in [6.07, 6.45) is 2.40. The fourth-order valence-electron chi connectivity index (χ4n) is 1.34. The Morgan fingerprint density at radius 3 is 2.80 bits per heavy atom. The topological polar surface area (TPSA) is 80.9 Å². The first-order valence-corrected chi connectivity index (χ1v) is 5.34. The molecule has 0 spiro atoms. The molecule has 2 rings (SSSR count). The first-order chi connectivity index (χ1) is 6.68. The number of nitrogens with one attached hydrogen (secondary N) is 1. The van der Waals surface area contributed by atoms with Crippen molar-refractivity contribution in [3.63, 3.8) is 0 Å². The van der Waals surface area contributed by atoms with Crippen LogP contribution in [-0.2, 0) is 0 Å². The molecule has 1 saturated carbocycles. The van der Waals surface area contributed by atoms with Crippen molar-refractivity contribution in [2.45, 2.75) is 25.8 Å². The van der Waals surface area contributed by atoms with Crippen LogP contribution in [-0.4, -0.2) is 21.5 Å². The van der Waals surface area contributed by atoms with Gasteiger partial charge in [-0.05, 0) is 25.7 Å². The van der Waals surface area contributed by atoms with Crippen LogP contribution in [0.25, 0.3) is 0 Å². The molecule has 1 fully saturated rings. The van der Waals surface area contributed by atoms with Gasteiger partial charge in [-0.1, -0.05) is 4.49 Å². The van der Waals surface area contributed by atoms with Crippen molar-refractivity contribution in [1.29, 1.82) is 0 Å². The van der Waals surface area contributed by atoms with Crippen LogP contribution in [0.1, 0.15) is 30.3 Å². The fraction of sp³-hybridized carbons (Fsp3) is 0.625. The van der Waals surface area contributed by atoms with Gasteiger partial charge in [0, 0.05) is 17.6 Å². The zero-order valence-electron chi connectivity index (χ0n) is 8.27. The van der Waals surface area contributed by atoms with Crippen molar-refractivity contribution < 1.29 is 4.79 Å². The quantitative estimate of drug-likeness (QED) is 0.839. The maximum Gasteiger partial charge on any atom is 0.275 e. The van der Waals surface area contributed by atoms with Gasteiger partial charge in [-0.15, -0.1) is 17.5 Å². The number of nitrogens with two attached hydrogens (primary N) is 1. The summed E-state index contributed by atoms with van der Waals surface area (Å²) in [7, 11) is 0. The molecule has 1 aromatic rings. The first-order valence-electron chi connectivity index (χ1n) is 4.57. The molecule has 0 bridgehead atoms. The SMILES string of the molecule is CC(NC(=O)c1nnsc1N)C1CC1.Cl. The highest BCUT2D eigenvalue weighted by Gasteiger charge is 2.29. The fourth-order valence-corrected chi connectivity index (χ4v) is 1.77. The van der Waals surface area contributed by atoms with E-state index >= 15 is 0 Å². The summed E-state index contributed by atoms with van der Waals surface area (Å²) in [6.45, 7) is 2.01. The minimum absolute atomic E-state index is 0. The molecule has 15 heavy (non-hydrogen) atoms. The van der Waals surface area contributed by atoms with Gasteiger partial charge in [-0.3, -0.25) is 4.79 Å². The Kier molecular flexibility index (Phi) is 3.87. The van der Waals surface area contributed by atoms with Crippen LogP contribution in [0.5, 0.6) is 0 Å². The molecule has 5 nitrogen and oxygen atoms in total. The standard InChI is InChI=1S/C8H12N4OS.ClH/c1-4(5-2-3-5)10-8(13)6-7(9)14-12-11-6;/h4-5H,2-3,9H2,1H3,(H,10,13);1H. The van der Waals surface area contributed by atoms with E-state index in [0.29, 0.717) is 10.9 Å². The van der Waals surface area contributed by atoms with Crippen molar-refractivity contribution in [3.8, 4) is 0 Å². The van der Waals surface area contributed by atoms with E-state index in [0.717, 1.165) is 11.5 Å². The summed E-state index contributed by atoms with van der Waals surface area (Å²) in [5.74, 6) is 0.419. The van der Waals surface area contributed by atoms with Gasteiger partial charge < -0.3 is 11.1 Å². The van der Waals surface area contributed by atoms with Crippen molar-refractivity contribution in [2.24, 2.45) is 5.92 Å². The molecule has 1 aromatic heterocycles. The van der Waals surface area contributed by atoms with E-state index in [1.54, 1.807) is 0 Å². The zero-order valence-corrected chi connectivity index (χ0v) is 9.90. The third-order valence-corrected chi connectivity index (χ3v) is 2.97. The predicted octanol–water partition coefficient (Wildman–Crippen LogP) is 1.07. The average Bonchev–Trinajstić information content (AvgIpc) is 2.89. The normalized spacial score (nSPS) is 16.6. The van der Waals surface area contributed by atoms with E-state index in [1.165, 1.54) is 12.8 Å². The second-order valence-electron chi connectivity index (χ2n) is 3.59. The molecular formula is C8H13ClN4OS. The van der Waals surface area contributed by atoms with Crippen LogP contribution in [0.3, 0.4) is 0 Å². The predicted molar refractivity (Wildman–Crippen MR) is 61.2 cm³/mol. The molecule has 3 N–H and O–H groups in total. The largest absolute Gasteiger partial charge is 0.387 e. The van der Waals surface area contributed by atoms with E-state index in [9.17, 15) is 4.79 Å². The molecule has 0 radical (unpaired) electrons. The minimum atomic E-state index is -0.212. The summed E-state index contributed by atoms with van der Waals surface area (Å²) in [4.78, 5) is 11.6. The van der Waals surface area contributed by atoms with Gasteiger partial charge in [0.2, 0.25) is 0 Å². The Bertz CT molecular complexity index is 352. The molecule has 84 valence electrons. The molecule has 7 heteroatoms. The van der Waals surface area contributed by atoms with Gasteiger partial charge >= 0.3 is 0 Å². The van der Waals surface area contributed by atoms with E-state index in [-0.39, 0.29) is 30.0 Å². The lowest BCUT2D eigenvalue weighted by Crippen LogP contribution is -2.34. The number of carbonyl (C=O) groups excluding carboxylic acids is 1. The van der Waals surface area contributed by atoms with Gasteiger partial charge in [0.15, 0.2) is 5.69 Å². The molecule has 0 aromatic carbocycles. The highest BCUT2D eigenvalue weighted by molar-refractivity contribution is 7.10. The number of hydrogen-bond donors (Lipinski definition) is 2.